The zero-order valence-electron chi connectivity index (χ0n) is 17.9. The van der Waals surface area contributed by atoms with Crippen LogP contribution in [0.2, 0.25) is 0 Å². The summed E-state index contributed by atoms with van der Waals surface area (Å²) >= 11 is 0. The Bertz CT molecular complexity index is 1340. The number of nitrogens with zero attached hydrogens (tertiary/aromatic N) is 1. The molecule has 1 aliphatic heterocycles. The Morgan fingerprint density at radius 3 is 2.22 bits per heavy atom. The average Bonchev–Trinajstić information content (AvgIpc) is 3.34. The van der Waals surface area contributed by atoms with Crippen molar-refractivity contribution in [1.82, 2.24) is 9.55 Å². The largest absolute Gasteiger partial charge is 0.497 e. The van der Waals surface area contributed by atoms with Gasteiger partial charge in [0.05, 0.1) is 45.0 Å². The van der Waals surface area contributed by atoms with Gasteiger partial charge in [0.1, 0.15) is 11.5 Å². The fourth-order valence-electron chi connectivity index (χ4n) is 3.50. The monoisotopic (exact) mass is 436 g/mol. The molecule has 0 aliphatic carbocycles. The zero-order chi connectivity index (χ0) is 22.5. The first-order chi connectivity index (χ1) is 15.6. The van der Waals surface area contributed by atoms with E-state index >= 15 is 0 Å². The molecule has 0 atom stereocenters. The Hall–Kier alpha value is -3.62. The van der Waals surface area contributed by atoms with Gasteiger partial charge in [0.2, 0.25) is 5.56 Å². The maximum Gasteiger partial charge on any atom is 0.251 e. The molecule has 0 saturated carbocycles. The van der Waals surface area contributed by atoms with E-state index in [0.717, 1.165) is 33.3 Å². The molecule has 2 aromatic heterocycles. The van der Waals surface area contributed by atoms with Crippen molar-refractivity contribution < 1.29 is 18.9 Å². The molecule has 0 radical (unpaired) electrons. The van der Waals surface area contributed by atoms with E-state index in [1.54, 1.807) is 37.0 Å². The lowest BCUT2D eigenvalue weighted by Gasteiger charge is -2.14. The number of benzene rings is 2. The Balaban J connectivity index is 0.000000165. The third kappa shape index (κ3) is 4.82. The van der Waals surface area contributed by atoms with Gasteiger partial charge >= 0.3 is 0 Å². The number of fused-ring (bicyclic) bond motifs is 2. The van der Waals surface area contributed by atoms with Crippen LogP contribution in [0, 0.1) is 0 Å². The smallest absolute Gasteiger partial charge is 0.251 e. The van der Waals surface area contributed by atoms with E-state index < -0.39 is 0 Å². The number of aromatic amines is 1. The van der Waals surface area contributed by atoms with Crippen molar-refractivity contribution in [2.75, 3.05) is 27.4 Å². The molecule has 8 heteroatoms. The number of H-pyrrole nitrogens is 1. The van der Waals surface area contributed by atoms with Crippen molar-refractivity contribution >= 4 is 21.8 Å². The zero-order valence-corrected chi connectivity index (χ0v) is 17.9. The SMILES string of the molecule is COc1ccc2ccc(=O)[nH]c2c1.COc1ccc2ccc(=O)n(CC3OCCO3)c2c1. The van der Waals surface area contributed by atoms with E-state index in [0.29, 0.717) is 19.8 Å². The first-order valence-corrected chi connectivity index (χ1v) is 10.2. The summed E-state index contributed by atoms with van der Waals surface area (Å²) in [5, 5.41) is 1.98. The van der Waals surface area contributed by atoms with Crippen LogP contribution in [0.5, 0.6) is 11.5 Å². The first-order valence-electron chi connectivity index (χ1n) is 10.2. The van der Waals surface area contributed by atoms with E-state index in [4.69, 9.17) is 18.9 Å². The van der Waals surface area contributed by atoms with Gasteiger partial charge in [-0.05, 0) is 47.2 Å². The van der Waals surface area contributed by atoms with Crippen LogP contribution in [0.1, 0.15) is 0 Å². The molecule has 32 heavy (non-hydrogen) atoms. The lowest BCUT2D eigenvalue weighted by atomic mass is 10.2. The third-order valence-electron chi connectivity index (χ3n) is 5.15. The predicted molar refractivity (Wildman–Crippen MR) is 122 cm³/mol. The summed E-state index contributed by atoms with van der Waals surface area (Å²) in [5.41, 5.74) is 1.46. The number of ether oxygens (including phenoxy) is 4. The number of aromatic nitrogens is 2. The molecule has 0 amide bonds. The second kappa shape index (κ2) is 9.67. The van der Waals surface area contributed by atoms with Crippen molar-refractivity contribution in [3.63, 3.8) is 0 Å². The molecule has 1 N–H and O–H groups in total. The standard InChI is InChI=1S/C14H15NO4.C10H9NO2/c1-17-11-4-2-10-3-5-13(16)15(12(10)8-11)9-14-18-6-7-19-14;1-13-8-4-2-7-3-5-10(12)11-9(7)6-8/h2-5,8,14H,6-7,9H2,1H3;2-6H,1H3,(H,11,12). The van der Waals surface area contributed by atoms with Crippen LogP contribution in [0.3, 0.4) is 0 Å². The lowest BCUT2D eigenvalue weighted by molar-refractivity contribution is -0.0522. The van der Waals surface area contributed by atoms with E-state index in [-0.39, 0.29) is 17.4 Å². The van der Waals surface area contributed by atoms with Crippen LogP contribution in [-0.2, 0) is 16.0 Å². The number of hydrogen-bond acceptors (Lipinski definition) is 6. The van der Waals surface area contributed by atoms with Gasteiger partial charge in [-0.25, -0.2) is 0 Å². The van der Waals surface area contributed by atoms with Crippen molar-refractivity contribution in [1.29, 1.82) is 0 Å². The molecule has 166 valence electrons. The number of nitrogens with one attached hydrogen (secondary N) is 1. The Morgan fingerprint density at radius 2 is 1.50 bits per heavy atom. The second-order valence-corrected chi connectivity index (χ2v) is 7.15. The van der Waals surface area contributed by atoms with E-state index in [2.05, 4.69) is 4.98 Å². The molecule has 2 aromatic carbocycles. The lowest BCUT2D eigenvalue weighted by Crippen LogP contribution is -2.26. The van der Waals surface area contributed by atoms with Crippen LogP contribution < -0.4 is 20.6 Å². The summed E-state index contributed by atoms with van der Waals surface area (Å²) in [6.07, 6.45) is -0.352. The molecule has 0 bridgehead atoms. The predicted octanol–water partition coefficient (Wildman–Crippen LogP) is 2.92. The maximum absolute atomic E-state index is 12.0. The molecule has 0 spiro atoms. The van der Waals surface area contributed by atoms with Gasteiger partial charge in [-0.3, -0.25) is 9.59 Å². The number of rotatable bonds is 4. The molecule has 1 saturated heterocycles. The van der Waals surface area contributed by atoms with Crippen molar-refractivity contribution in [2.45, 2.75) is 12.8 Å². The number of methoxy groups -OCH3 is 2. The molecular formula is C24H24N2O6. The van der Waals surface area contributed by atoms with Gasteiger partial charge in [-0.2, -0.15) is 0 Å². The minimum Gasteiger partial charge on any atom is -0.497 e. The molecule has 1 fully saturated rings. The summed E-state index contributed by atoms with van der Waals surface area (Å²) in [5.74, 6) is 1.47. The summed E-state index contributed by atoms with van der Waals surface area (Å²) in [6, 6.07) is 17.9. The Labute approximate surface area is 183 Å². The third-order valence-corrected chi connectivity index (χ3v) is 5.15. The van der Waals surface area contributed by atoms with Crippen LogP contribution in [0.15, 0.2) is 70.3 Å². The van der Waals surface area contributed by atoms with Gasteiger partial charge in [0.15, 0.2) is 6.29 Å². The van der Waals surface area contributed by atoms with Gasteiger partial charge in [-0.15, -0.1) is 0 Å². The summed E-state index contributed by atoms with van der Waals surface area (Å²) in [4.78, 5) is 25.7. The topological polar surface area (TPSA) is 91.8 Å². The second-order valence-electron chi connectivity index (χ2n) is 7.15. The highest BCUT2D eigenvalue weighted by Crippen LogP contribution is 2.20. The fraction of sp³-hybridized carbons (Fsp3) is 0.250. The molecule has 3 heterocycles. The Kier molecular flexibility index (Phi) is 6.53. The summed E-state index contributed by atoms with van der Waals surface area (Å²) in [6.45, 7) is 1.55. The summed E-state index contributed by atoms with van der Waals surface area (Å²) < 4.78 is 22.7. The molecule has 5 rings (SSSR count). The number of pyridine rings is 2. The highest BCUT2D eigenvalue weighted by molar-refractivity contribution is 5.80. The molecular weight excluding hydrogens is 412 g/mol. The van der Waals surface area contributed by atoms with Crippen LogP contribution in [-0.4, -0.2) is 43.3 Å². The van der Waals surface area contributed by atoms with Crippen LogP contribution >= 0.6 is 0 Å². The molecule has 1 aliphatic rings. The summed E-state index contributed by atoms with van der Waals surface area (Å²) in [7, 11) is 3.21. The van der Waals surface area contributed by atoms with Crippen molar-refractivity contribution in [3.05, 3.63) is 81.4 Å². The fourth-order valence-corrected chi connectivity index (χ4v) is 3.50. The molecule has 4 aromatic rings. The van der Waals surface area contributed by atoms with E-state index in [1.807, 2.05) is 36.4 Å². The molecule has 0 unspecified atom stereocenters. The van der Waals surface area contributed by atoms with Crippen LogP contribution in [0.4, 0.5) is 0 Å². The van der Waals surface area contributed by atoms with Gasteiger partial charge < -0.3 is 28.5 Å². The van der Waals surface area contributed by atoms with Gasteiger partial charge in [0.25, 0.3) is 5.56 Å². The van der Waals surface area contributed by atoms with Crippen LogP contribution in [0.25, 0.3) is 21.8 Å². The minimum absolute atomic E-state index is 0.0696. The quantitative estimate of drug-likeness (QED) is 0.529. The maximum atomic E-state index is 12.0. The highest BCUT2D eigenvalue weighted by atomic mass is 16.7. The molecule has 8 nitrogen and oxygen atoms in total. The van der Waals surface area contributed by atoms with Crippen molar-refractivity contribution in [2.24, 2.45) is 0 Å². The average molecular weight is 436 g/mol. The highest BCUT2D eigenvalue weighted by Gasteiger charge is 2.18. The van der Waals surface area contributed by atoms with Crippen molar-refractivity contribution in [3.8, 4) is 11.5 Å². The normalized spacial score (nSPS) is 13.7. The number of hydrogen-bond donors (Lipinski definition) is 1. The van der Waals surface area contributed by atoms with E-state index in [9.17, 15) is 9.59 Å². The van der Waals surface area contributed by atoms with Gasteiger partial charge in [0, 0.05) is 24.3 Å². The minimum atomic E-state index is -0.352. The Morgan fingerprint density at radius 1 is 0.875 bits per heavy atom. The van der Waals surface area contributed by atoms with Gasteiger partial charge in [-0.1, -0.05) is 0 Å². The van der Waals surface area contributed by atoms with E-state index in [1.165, 1.54) is 6.07 Å². The first kappa shape index (κ1) is 21.6.